The molecule has 5 atom stereocenters. The van der Waals surface area contributed by atoms with E-state index >= 15 is 0 Å². The SMILES string of the molecule is CCOC(=O)NCCO[C@@H](c1cc(F)cc(Cl)c1)C1CNCC(C(=O)N[C@@H](CNC)C[C@H]2CCCOC2)C1. The van der Waals surface area contributed by atoms with Crippen LogP contribution in [0.4, 0.5) is 9.18 Å². The highest BCUT2D eigenvalue weighted by molar-refractivity contribution is 6.30. The molecule has 2 fully saturated rings. The molecule has 2 saturated heterocycles. The van der Waals surface area contributed by atoms with Crippen LogP contribution in [0.15, 0.2) is 18.2 Å². The number of halogens is 2. The largest absolute Gasteiger partial charge is 0.450 e. The molecule has 9 nitrogen and oxygen atoms in total. The second-order valence-corrected chi connectivity index (χ2v) is 10.5. The van der Waals surface area contributed by atoms with E-state index in [9.17, 15) is 14.0 Å². The molecule has 2 amide bonds. The summed E-state index contributed by atoms with van der Waals surface area (Å²) in [5.74, 6) is -0.374. The lowest BCUT2D eigenvalue weighted by Crippen LogP contribution is -2.50. The van der Waals surface area contributed by atoms with Crippen molar-refractivity contribution < 1.29 is 28.2 Å². The Morgan fingerprint density at radius 2 is 2.13 bits per heavy atom. The summed E-state index contributed by atoms with van der Waals surface area (Å²) in [5.41, 5.74) is 0.601. The number of hydrogen-bond donors (Lipinski definition) is 4. The average Bonchev–Trinajstić information content (AvgIpc) is 2.89. The zero-order valence-electron chi connectivity index (χ0n) is 22.4. The van der Waals surface area contributed by atoms with Crippen LogP contribution in [0.2, 0.25) is 5.02 Å². The smallest absolute Gasteiger partial charge is 0.407 e. The third-order valence-electron chi connectivity index (χ3n) is 7.01. The Kier molecular flexibility index (Phi) is 13.0. The van der Waals surface area contributed by atoms with E-state index < -0.39 is 18.0 Å². The fourth-order valence-electron chi connectivity index (χ4n) is 5.32. The maximum atomic E-state index is 14.2. The summed E-state index contributed by atoms with van der Waals surface area (Å²) in [6.07, 6.45) is 2.58. The quantitative estimate of drug-likeness (QED) is 0.276. The zero-order valence-corrected chi connectivity index (χ0v) is 23.2. The minimum absolute atomic E-state index is 0.000759. The first kappa shape index (κ1) is 30.6. The third-order valence-corrected chi connectivity index (χ3v) is 7.23. The Balaban J connectivity index is 1.64. The second kappa shape index (κ2) is 16.2. The van der Waals surface area contributed by atoms with E-state index in [0.717, 1.165) is 32.5 Å². The van der Waals surface area contributed by atoms with E-state index in [1.54, 1.807) is 13.0 Å². The van der Waals surface area contributed by atoms with E-state index in [4.69, 9.17) is 25.8 Å². The van der Waals surface area contributed by atoms with Gasteiger partial charge in [-0.05, 0) is 69.3 Å². The molecule has 3 rings (SSSR count). The standard InChI is InChI=1S/C27H42ClFN4O5/c1-3-37-27(35)32-6-8-38-25(19-11-22(28)13-23(29)12-19)20-10-21(15-31-14-20)26(34)33-24(16-30-2)9-18-5-4-7-36-17-18/h11-13,18,20-21,24-25,30-31H,3-10,14-17H2,1-2H3,(H,32,35)(H,33,34)/t18-,20?,21?,24-,25+/m1/s1. The highest BCUT2D eigenvalue weighted by atomic mass is 35.5. The van der Waals surface area contributed by atoms with Gasteiger partial charge >= 0.3 is 6.09 Å². The van der Waals surface area contributed by atoms with Crippen LogP contribution in [0.5, 0.6) is 0 Å². The predicted molar refractivity (Wildman–Crippen MR) is 144 cm³/mol. The lowest BCUT2D eigenvalue weighted by Gasteiger charge is -2.36. The lowest BCUT2D eigenvalue weighted by atomic mass is 9.83. The molecule has 0 radical (unpaired) electrons. The average molecular weight is 557 g/mol. The Morgan fingerprint density at radius 1 is 1.29 bits per heavy atom. The summed E-state index contributed by atoms with van der Waals surface area (Å²) in [6, 6.07) is 4.36. The Bertz CT molecular complexity index is 869. The molecule has 0 saturated carbocycles. The fourth-order valence-corrected chi connectivity index (χ4v) is 5.56. The van der Waals surface area contributed by atoms with Crippen LogP contribution in [0.25, 0.3) is 0 Å². The first-order chi connectivity index (χ1) is 18.4. The first-order valence-electron chi connectivity index (χ1n) is 13.6. The van der Waals surface area contributed by atoms with Crippen molar-refractivity contribution in [3.05, 3.63) is 34.6 Å². The molecule has 0 spiro atoms. The summed E-state index contributed by atoms with van der Waals surface area (Å²) >= 11 is 6.15. The molecule has 1 aromatic carbocycles. The summed E-state index contributed by atoms with van der Waals surface area (Å²) in [5, 5.41) is 12.7. The topological polar surface area (TPSA) is 110 Å². The molecule has 0 aromatic heterocycles. The summed E-state index contributed by atoms with van der Waals surface area (Å²) < 4.78 is 30.9. The van der Waals surface area contributed by atoms with Gasteiger partial charge in [0.1, 0.15) is 5.82 Å². The molecule has 2 unspecified atom stereocenters. The minimum Gasteiger partial charge on any atom is -0.450 e. The van der Waals surface area contributed by atoms with Gasteiger partial charge in [-0.25, -0.2) is 9.18 Å². The molecule has 11 heteroatoms. The third kappa shape index (κ3) is 9.96. The maximum Gasteiger partial charge on any atom is 0.407 e. The molecule has 2 heterocycles. The molecular formula is C27H42ClFN4O5. The minimum atomic E-state index is -0.520. The van der Waals surface area contributed by atoms with Crippen molar-refractivity contribution in [2.45, 2.75) is 44.8 Å². The number of nitrogens with one attached hydrogen (secondary N) is 4. The van der Waals surface area contributed by atoms with Gasteiger partial charge in [0, 0.05) is 56.4 Å². The van der Waals surface area contributed by atoms with Crippen molar-refractivity contribution in [3.8, 4) is 0 Å². The summed E-state index contributed by atoms with van der Waals surface area (Å²) in [4.78, 5) is 24.9. The van der Waals surface area contributed by atoms with Crippen LogP contribution in [0, 0.1) is 23.6 Å². The lowest BCUT2D eigenvalue weighted by molar-refractivity contribution is -0.127. The van der Waals surface area contributed by atoms with E-state index in [2.05, 4.69) is 21.3 Å². The van der Waals surface area contributed by atoms with Gasteiger partial charge in [-0.15, -0.1) is 0 Å². The van der Waals surface area contributed by atoms with E-state index in [1.165, 1.54) is 12.1 Å². The Morgan fingerprint density at radius 3 is 2.84 bits per heavy atom. The van der Waals surface area contributed by atoms with Crippen LogP contribution in [0.1, 0.15) is 44.3 Å². The molecule has 2 aliphatic heterocycles. The molecule has 2 aliphatic rings. The van der Waals surface area contributed by atoms with Gasteiger partial charge in [0.15, 0.2) is 0 Å². The first-order valence-corrected chi connectivity index (χ1v) is 14.0. The van der Waals surface area contributed by atoms with Gasteiger partial charge < -0.3 is 35.5 Å². The molecular weight excluding hydrogens is 515 g/mol. The van der Waals surface area contributed by atoms with Crippen molar-refractivity contribution in [3.63, 3.8) is 0 Å². The van der Waals surface area contributed by atoms with E-state index in [1.807, 2.05) is 7.05 Å². The van der Waals surface area contributed by atoms with Crippen LogP contribution < -0.4 is 21.3 Å². The zero-order chi connectivity index (χ0) is 27.3. The van der Waals surface area contributed by atoms with Crippen LogP contribution in [-0.4, -0.2) is 77.7 Å². The van der Waals surface area contributed by atoms with Crippen molar-refractivity contribution in [2.75, 3.05) is 59.7 Å². The van der Waals surface area contributed by atoms with Gasteiger partial charge in [-0.3, -0.25) is 4.79 Å². The molecule has 0 bridgehead atoms. The van der Waals surface area contributed by atoms with Gasteiger partial charge in [0.05, 0.1) is 25.2 Å². The number of ether oxygens (including phenoxy) is 3. The number of alkyl carbamates (subject to hydrolysis) is 1. The number of rotatable bonds is 13. The number of piperidine rings is 1. The van der Waals surface area contributed by atoms with Crippen LogP contribution in [-0.2, 0) is 19.0 Å². The molecule has 38 heavy (non-hydrogen) atoms. The number of hydrogen-bond acceptors (Lipinski definition) is 7. The van der Waals surface area contributed by atoms with Crippen molar-refractivity contribution in [2.24, 2.45) is 17.8 Å². The van der Waals surface area contributed by atoms with Crippen molar-refractivity contribution in [1.29, 1.82) is 0 Å². The van der Waals surface area contributed by atoms with E-state index in [0.29, 0.717) is 37.5 Å². The number of carbonyl (C=O) groups excluding carboxylic acids is 2. The maximum absolute atomic E-state index is 14.2. The molecule has 4 N–H and O–H groups in total. The van der Waals surface area contributed by atoms with Gasteiger partial charge in [-0.2, -0.15) is 0 Å². The Labute approximate surface area is 229 Å². The molecule has 1 aromatic rings. The van der Waals surface area contributed by atoms with Crippen LogP contribution >= 0.6 is 11.6 Å². The van der Waals surface area contributed by atoms with Gasteiger partial charge in [0.2, 0.25) is 5.91 Å². The number of likely N-dealkylation sites (N-methyl/N-ethyl adjacent to an activating group) is 1. The molecule has 0 aliphatic carbocycles. The molecule has 214 valence electrons. The monoisotopic (exact) mass is 556 g/mol. The number of carbonyl (C=O) groups is 2. The van der Waals surface area contributed by atoms with Crippen molar-refractivity contribution >= 4 is 23.6 Å². The number of benzene rings is 1. The Hall–Kier alpha value is -1.98. The predicted octanol–water partition coefficient (Wildman–Crippen LogP) is 3.03. The highest BCUT2D eigenvalue weighted by Gasteiger charge is 2.34. The second-order valence-electron chi connectivity index (χ2n) is 10.1. The fraction of sp³-hybridized carbons (Fsp3) is 0.704. The van der Waals surface area contributed by atoms with E-state index in [-0.39, 0.29) is 48.6 Å². The van der Waals surface area contributed by atoms with Gasteiger partial charge in [-0.1, -0.05) is 11.6 Å². The summed E-state index contributed by atoms with van der Waals surface area (Å²) in [6.45, 7) is 5.84. The van der Waals surface area contributed by atoms with Gasteiger partial charge in [0.25, 0.3) is 0 Å². The number of amides is 2. The summed E-state index contributed by atoms with van der Waals surface area (Å²) in [7, 11) is 1.89. The van der Waals surface area contributed by atoms with Crippen molar-refractivity contribution in [1.82, 2.24) is 21.3 Å². The highest BCUT2D eigenvalue weighted by Crippen LogP contribution is 2.34. The van der Waals surface area contributed by atoms with Crippen LogP contribution in [0.3, 0.4) is 0 Å². The normalized spacial score (nSPS) is 23.3.